The van der Waals surface area contributed by atoms with E-state index in [4.69, 9.17) is 0 Å². The van der Waals surface area contributed by atoms with Crippen molar-refractivity contribution in [3.63, 3.8) is 0 Å². The number of anilines is 1. The number of benzene rings is 1. The molecule has 1 aliphatic carbocycles. The van der Waals surface area contributed by atoms with Crippen LogP contribution in [0.2, 0.25) is 0 Å². The molecule has 4 nitrogen and oxygen atoms in total. The van der Waals surface area contributed by atoms with Crippen molar-refractivity contribution >= 4 is 45.2 Å². The molecule has 1 saturated carbocycles. The van der Waals surface area contributed by atoms with Crippen molar-refractivity contribution in [1.82, 2.24) is 4.90 Å². The summed E-state index contributed by atoms with van der Waals surface area (Å²) in [5, 5.41) is 2.83. The van der Waals surface area contributed by atoms with Crippen LogP contribution in [-0.2, 0) is 9.59 Å². The van der Waals surface area contributed by atoms with Crippen LogP contribution in [0.15, 0.2) is 28.7 Å². The minimum atomic E-state index is -0.0783. The predicted molar refractivity (Wildman–Crippen MR) is 99.7 cm³/mol. The van der Waals surface area contributed by atoms with Crippen LogP contribution in [0.1, 0.15) is 32.1 Å². The molecule has 0 radical (unpaired) electrons. The molecular formula is C17H23BrN2O2S. The fourth-order valence-electron chi connectivity index (χ4n) is 2.74. The Morgan fingerprint density at radius 2 is 1.83 bits per heavy atom. The van der Waals surface area contributed by atoms with Gasteiger partial charge in [-0.05, 0) is 37.1 Å². The first-order chi connectivity index (χ1) is 11.1. The van der Waals surface area contributed by atoms with Gasteiger partial charge in [0.2, 0.25) is 11.8 Å². The first kappa shape index (κ1) is 18.3. The number of hydrogen-bond acceptors (Lipinski definition) is 3. The smallest absolute Gasteiger partial charge is 0.234 e. The van der Waals surface area contributed by atoms with Crippen LogP contribution in [-0.4, -0.2) is 41.3 Å². The van der Waals surface area contributed by atoms with Gasteiger partial charge in [0.05, 0.1) is 11.5 Å². The Morgan fingerprint density at radius 3 is 2.48 bits per heavy atom. The van der Waals surface area contributed by atoms with Crippen molar-refractivity contribution in [2.75, 3.05) is 23.9 Å². The van der Waals surface area contributed by atoms with Crippen LogP contribution in [0, 0.1) is 0 Å². The Labute approximate surface area is 150 Å². The van der Waals surface area contributed by atoms with Gasteiger partial charge in [-0.3, -0.25) is 9.59 Å². The van der Waals surface area contributed by atoms with E-state index in [1.807, 2.05) is 36.2 Å². The van der Waals surface area contributed by atoms with Gasteiger partial charge in [0.1, 0.15) is 0 Å². The number of thioether (sulfide) groups is 1. The highest BCUT2D eigenvalue weighted by atomic mass is 79.9. The molecule has 1 fully saturated rings. The van der Waals surface area contributed by atoms with Crippen molar-refractivity contribution in [2.45, 2.75) is 38.1 Å². The molecule has 23 heavy (non-hydrogen) atoms. The molecule has 0 heterocycles. The average Bonchev–Trinajstić information content (AvgIpc) is 2.57. The summed E-state index contributed by atoms with van der Waals surface area (Å²) in [7, 11) is 1.89. The molecule has 0 bridgehead atoms. The van der Waals surface area contributed by atoms with Gasteiger partial charge in [-0.25, -0.2) is 0 Å². The molecule has 1 aliphatic rings. The quantitative estimate of drug-likeness (QED) is 0.789. The lowest BCUT2D eigenvalue weighted by Gasteiger charge is -2.31. The topological polar surface area (TPSA) is 49.4 Å². The molecule has 1 N–H and O–H groups in total. The van der Waals surface area contributed by atoms with Gasteiger partial charge in [0, 0.05) is 23.2 Å². The summed E-state index contributed by atoms with van der Waals surface area (Å²) in [6.07, 6.45) is 5.92. The van der Waals surface area contributed by atoms with E-state index in [1.165, 1.54) is 31.0 Å². The zero-order valence-corrected chi connectivity index (χ0v) is 15.8. The van der Waals surface area contributed by atoms with Gasteiger partial charge < -0.3 is 10.2 Å². The van der Waals surface area contributed by atoms with Crippen LogP contribution >= 0.6 is 27.7 Å². The lowest BCUT2D eigenvalue weighted by atomic mass is 9.94. The summed E-state index contributed by atoms with van der Waals surface area (Å²) < 4.78 is 0.973. The Bertz CT molecular complexity index is 530. The molecule has 126 valence electrons. The summed E-state index contributed by atoms with van der Waals surface area (Å²) in [5.41, 5.74) is 0.768. The maximum absolute atomic E-state index is 12.2. The van der Waals surface area contributed by atoms with Gasteiger partial charge in [0.25, 0.3) is 0 Å². The molecule has 1 aromatic carbocycles. The molecule has 0 atom stereocenters. The number of nitrogens with one attached hydrogen (secondary N) is 1. The number of amides is 2. The van der Waals surface area contributed by atoms with Crippen molar-refractivity contribution in [3.05, 3.63) is 28.7 Å². The third-order valence-electron chi connectivity index (χ3n) is 4.10. The lowest BCUT2D eigenvalue weighted by Crippen LogP contribution is -2.39. The second-order valence-corrected chi connectivity index (χ2v) is 7.75. The Hall–Kier alpha value is -1.01. The number of hydrogen-bond donors (Lipinski definition) is 1. The second-order valence-electron chi connectivity index (χ2n) is 5.84. The van der Waals surface area contributed by atoms with Crippen LogP contribution in [0.5, 0.6) is 0 Å². The SMILES string of the molecule is CN(C(=O)CSCC(=O)Nc1ccc(Br)cc1)C1CCCCC1. The van der Waals surface area contributed by atoms with E-state index in [0.717, 1.165) is 23.0 Å². The molecule has 0 aromatic heterocycles. The summed E-state index contributed by atoms with van der Waals surface area (Å²) >= 11 is 4.73. The second kappa shape index (κ2) is 9.33. The van der Waals surface area contributed by atoms with Crippen LogP contribution in [0.25, 0.3) is 0 Å². The Balaban J connectivity index is 1.68. The normalized spacial score (nSPS) is 15.2. The summed E-state index contributed by atoms with van der Waals surface area (Å²) in [6, 6.07) is 7.83. The monoisotopic (exact) mass is 398 g/mol. The minimum Gasteiger partial charge on any atom is -0.342 e. The summed E-state index contributed by atoms with van der Waals surface area (Å²) in [4.78, 5) is 25.9. The van der Waals surface area contributed by atoms with Crippen LogP contribution < -0.4 is 5.32 Å². The highest BCUT2D eigenvalue weighted by Crippen LogP contribution is 2.22. The van der Waals surface area contributed by atoms with Crippen LogP contribution in [0.4, 0.5) is 5.69 Å². The number of rotatable bonds is 6. The molecular weight excluding hydrogens is 376 g/mol. The molecule has 1 aromatic rings. The maximum Gasteiger partial charge on any atom is 0.234 e. The molecule has 2 rings (SSSR count). The largest absolute Gasteiger partial charge is 0.342 e. The van der Waals surface area contributed by atoms with E-state index in [-0.39, 0.29) is 11.8 Å². The Kier molecular flexibility index (Phi) is 7.43. The van der Waals surface area contributed by atoms with Gasteiger partial charge >= 0.3 is 0 Å². The van der Waals surface area contributed by atoms with Gasteiger partial charge in [-0.1, -0.05) is 35.2 Å². The first-order valence-electron chi connectivity index (χ1n) is 7.95. The Morgan fingerprint density at radius 1 is 1.17 bits per heavy atom. The average molecular weight is 399 g/mol. The highest BCUT2D eigenvalue weighted by Gasteiger charge is 2.21. The van der Waals surface area contributed by atoms with E-state index in [2.05, 4.69) is 21.2 Å². The highest BCUT2D eigenvalue weighted by molar-refractivity contribution is 9.10. The molecule has 0 spiro atoms. The van der Waals surface area contributed by atoms with E-state index in [0.29, 0.717) is 17.5 Å². The van der Waals surface area contributed by atoms with E-state index < -0.39 is 0 Å². The van der Waals surface area contributed by atoms with Crippen molar-refractivity contribution < 1.29 is 9.59 Å². The zero-order chi connectivity index (χ0) is 16.7. The molecule has 0 aliphatic heterocycles. The summed E-state index contributed by atoms with van der Waals surface area (Å²) in [5.74, 6) is 0.699. The summed E-state index contributed by atoms with van der Waals surface area (Å²) in [6.45, 7) is 0. The molecule has 0 saturated heterocycles. The van der Waals surface area contributed by atoms with Crippen LogP contribution in [0.3, 0.4) is 0 Å². The number of carbonyl (C=O) groups is 2. The molecule has 6 heteroatoms. The fourth-order valence-corrected chi connectivity index (χ4v) is 3.74. The predicted octanol–water partition coefficient (Wildman–Crippen LogP) is 3.91. The van der Waals surface area contributed by atoms with E-state index in [1.54, 1.807) is 0 Å². The molecule has 2 amide bonds. The van der Waals surface area contributed by atoms with Crippen molar-refractivity contribution in [2.24, 2.45) is 0 Å². The first-order valence-corrected chi connectivity index (χ1v) is 9.90. The lowest BCUT2D eigenvalue weighted by molar-refractivity contribution is -0.129. The minimum absolute atomic E-state index is 0.0783. The third-order valence-corrected chi connectivity index (χ3v) is 5.55. The van der Waals surface area contributed by atoms with E-state index >= 15 is 0 Å². The standard InChI is InChI=1S/C17H23BrN2O2S/c1-20(15-5-3-2-4-6-15)17(22)12-23-11-16(21)19-14-9-7-13(18)8-10-14/h7-10,15H,2-6,11-12H2,1H3,(H,19,21). The fraction of sp³-hybridized carbons (Fsp3) is 0.529. The van der Waals surface area contributed by atoms with Gasteiger partial charge in [-0.2, -0.15) is 0 Å². The molecule has 0 unspecified atom stereocenters. The zero-order valence-electron chi connectivity index (χ0n) is 13.4. The maximum atomic E-state index is 12.2. The third kappa shape index (κ3) is 6.18. The number of carbonyl (C=O) groups excluding carboxylic acids is 2. The number of nitrogens with zero attached hydrogens (tertiary/aromatic N) is 1. The van der Waals surface area contributed by atoms with E-state index in [9.17, 15) is 9.59 Å². The number of halogens is 1. The van der Waals surface area contributed by atoms with Crippen molar-refractivity contribution in [3.8, 4) is 0 Å². The van der Waals surface area contributed by atoms with Gasteiger partial charge in [0.15, 0.2) is 0 Å². The van der Waals surface area contributed by atoms with Gasteiger partial charge in [-0.15, -0.1) is 11.8 Å². The van der Waals surface area contributed by atoms with Crippen molar-refractivity contribution in [1.29, 1.82) is 0 Å².